The molecule has 2 amide bonds. The molecule has 1 N–H and O–H groups in total. The van der Waals surface area contributed by atoms with E-state index in [1.807, 2.05) is 36.4 Å². The number of carbonyl (C=O) groups excluding carboxylic acids is 2. The number of thiophene rings is 1. The lowest BCUT2D eigenvalue weighted by molar-refractivity contribution is -0.117. The molecule has 0 bridgehead atoms. The molecule has 0 spiro atoms. The first-order chi connectivity index (χ1) is 12.1. The number of fused-ring (bicyclic) bond motifs is 1. The van der Waals surface area contributed by atoms with Crippen molar-refractivity contribution in [1.82, 2.24) is 0 Å². The zero-order valence-corrected chi connectivity index (χ0v) is 14.9. The fourth-order valence-corrected chi connectivity index (χ4v) is 4.41. The second kappa shape index (κ2) is 6.50. The lowest BCUT2D eigenvalue weighted by Gasteiger charge is -2.16. The number of anilines is 2. The number of benzene rings is 2. The van der Waals surface area contributed by atoms with Gasteiger partial charge in [-0.05, 0) is 36.8 Å². The number of hydrogen-bond donors (Lipinski definition) is 1. The molecule has 0 radical (unpaired) electrons. The van der Waals surface area contributed by atoms with Gasteiger partial charge in [-0.15, -0.1) is 11.3 Å². The maximum absolute atomic E-state index is 12.5. The van der Waals surface area contributed by atoms with Crippen LogP contribution < -0.4 is 10.2 Å². The van der Waals surface area contributed by atoms with Gasteiger partial charge in [0.25, 0.3) is 5.91 Å². The number of rotatable bonds is 3. The van der Waals surface area contributed by atoms with Gasteiger partial charge < -0.3 is 10.2 Å². The molecular formula is C19H15ClN2O2S. The molecule has 1 aromatic heterocycles. The van der Waals surface area contributed by atoms with Crippen LogP contribution in [0.25, 0.3) is 10.1 Å². The third-order valence-corrected chi connectivity index (χ3v) is 5.93. The van der Waals surface area contributed by atoms with Crippen LogP contribution >= 0.6 is 22.9 Å². The van der Waals surface area contributed by atoms with Crippen molar-refractivity contribution in [2.75, 3.05) is 16.8 Å². The number of hydrogen-bond acceptors (Lipinski definition) is 3. The average Bonchev–Trinajstić information content (AvgIpc) is 3.20. The van der Waals surface area contributed by atoms with E-state index < -0.39 is 0 Å². The van der Waals surface area contributed by atoms with Crippen LogP contribution in [-0.4, -0.2) is 18.4 Å². The second-order valence-corrected chi connectivity index (χ2v) is 7.32. The smallest absolute Gasteiger partial charge is 0.267 e. The highest BCUT2D eigenvalue weighted by Gasteiger charge is 2.22. The van der Waals surface area contributed by atoms with Crippen LogP contribution in [0, 0.1) is 0 Å². The van der Waals surface area contributed by atoms with Gasteiger partial charge in [0.15, 0.2) is 0 Å². The van der Waals surface area contributed by atoms with E-state index in [4.69, 9.17) is 11.6 Å². The van der Waals surface area contributed by atoms with E-state index in [-0.39, 0.29) is 11.8 Å². The molecule has 2 heterocycles. The zero-order chi connectivity index (χ0) is 17.4. The second-order valence-electron chi connectivity index (χ2n) is 5.89. The Morgan fingerprint density at radius 1 is 1.12 bits per heavy atom. The summed E-state index contributed by atoms with van der Waals surface area (Å²) in [5.74, 6) is -0.0787. The Hall–Kier alpha value is -2.37. The van der Waals surface area contributed by atoms with Crippen molar-refractivity contribution >= 4 is 56.2 Å². The molecule has 6 heteroatoms. The molecule has 25 heavy (non-hydrogen) atoms. The normalized spacial score (nSPS) is 14.3. The Kier molecular flexibility index (Phi) is 4.19. The monoisotopic (exact) mass is 370 g/mol. The van der Waals surface area contributed by atoms with Crippen LogP contribution in [0.3, 0.4) is 0 Å². The first-order valence-corrected chi connectivity index (χ1v) is 9.22. The Morgan fingerprint density at radius 3 is 2.56 bits per heavy atom. The Bertz CT molecular complexity index is 965. The molecule has 1 aliphatic heterocycles. The molecular weight excluding hydrogens is 356 g/mol. The van der Waals surface area contributed by atoms with Gasteiger partial charge in [-0.2, -0.15) is 0 Å². The minimum absolute atomic E-state index is 0.147. The van der Waals surface area contributed by atoms with E-state index in [9.17, 15) is 9.59 Å². The molecule has 126 valence electrons. The Balaban J connectivity index is 1.54. The number of nitrogens with one attached hydrogen (secondary N) is 1. The first kappa shape index (κ1) is 16.1. The summed E-state index contributed by atoms with van der Waals surface area (Å²) in [4.78, 5) is 26.6. The largest absolute Gasteiger partial charge is 0.321 e. The van der Waals surface area contributed by atoms with Crippen molar-refractivity contribution in [3.63, 3.8) is 0 Å². The van der Waals surface area contributed by atoms with Crippen LogP contribution in [0.2, 0.25) is 5.02 Å². The van der Waals surface area contributed by atoms with Crippen LogP contribution in [0.4, 0.5) is 11.4 Å². The van der Waals surface area contributed by atoms with Gasteiger partial charge in [-0.3, -0.25) is 9.59 Å². The summed E-state index contributed by atoms with van der Waals surface area (Å²) in [5.41, 5.74) is 1.54. The van der Waals surface area contributed by atoms with Gasteiger partial charge in [-0.1, -0.05) is 29.8 Å². The van der Waals surface area contributed by atoms with Crippen molar-refractivity contribution in [2.45, 2.75) is 12.8 Å². The van der Waals surface area contributed by atoms with Gasteiger partial charge >= 0.3 is 0 Å². The highest BCUT2D eigenvalue weighted by molar-refractivity contribution is 7.21. The molecule has 1 fully saturated rings. The standard InChI is InChI=1S/C19H15ClN2O2S/c20-17-14-4-1-2-5-15(14)25-18(17)19(24)21-12-7-9-13(10-8-12)22-11-3-6-16(22)23/h1-2,4-5,7-10H,3,6,11H2,(H,21,24). The molecule has 0 atom stereocenters. The molecule has 3 aromatic rings. The van der Waals surface area contributed by atoms with E-state index in [0.29, 0.717) is 22.0 Å². The fourth-order valence-electron chi connectivity index (χ4n) is 2.99. The van der Waals surface area contributed by atoms with Crippen LogP contribution in [-0.2, 0) is 4.79 Å². The molecule has 1 aliphatic rings. The number of carbonyl (C=O) groups is 2. The summed E-state index contributed by atoms with van der Waals surface area (Å²) in [6, 6.07) is 15.0. The molecule has 4 nitrogen and oxygen atoms in total. The predicted octanol–water partition coefficient (Wildman–Crippen LogP) is 4.93. The Morgan fingerprint density at radius 2 is 1.88 bits per heavy atom. The highest BCUT2D eigenvalue weighted by atomic mass is 35.5. The summed E-state index contributed by atoms with van der Waals surface area (Å²) >= 11 is 7.73. The third kappa shape index (κ3) is 3.01. The number of nitrogens with zero attached hydrogens (tertiary/aromatic N) is 1. The van der Waals surface area contributed by atoms with E-state index in [1.165, 1.54) is 11.3 Å². The fraction of sp³-hybridized carbons (Fsp3) is 0.158. The Labute approximate surface area is 154 Å². The molecule has 0 aliphatic carbocycles. The SMILES string of the molecule is O=C(Nc1ccc(N2CCCC2=O)cc1)c1sc2ccccc2c1Cl. The molecule has 0 saturated carbocycles. The van der Waals surface area contributed by atoms with E-state index in [2.05, 4.69) is 5.32 Å². The maximum Gasteiger partial charge on any atom is 0.267 e. The summed E-state index contributed by atoms with van der Waals surface area (Å²) in [7, 11) is 0. The number of halogens is 1. The average molecular weight is 371 g/mol. The van der Waals surface area contributed by atoms with Crippen molar-refractivity contribution < 1.29 is 9.59 Å². The minimum Gasteiger partial charge on any atom is -0.321 e. The molecule has 4 rings (SSSR count). The van der Waals surface area contributed by atoms with Gasteiger partial charge in [0, 0.05) is 34.4 Å². The maximum atomic E-state index is 12.5. The van der Waals surface area contributed by atoms with Crippen molar-refractivity contribution in [3.05, 3.63) is 58.4 Å². The van der Waals surface area contributed by atoms with Crippen LogP contribution in [0.1, 0.15) is 22.5 Å². The van der Waals surface area contributed by atoms with Gasteiger partial charge in [0.05, 0.1) is 5.02 Å². The summed E-state index contributed by atoms with van der Waals surface area (Å²) in [6.45, 7) is 0.752. The lowest BCUT2D eigenvalue weighted by atomic mass is 10.2. The van der Waals surface area contributed by atoms with E-state index >= 15 is 0 Å². The van der Waals surface area contributed by atoms with Crippen molar-refractivity contribution in [3.8, 4) is 0 Å². The summed E-state index contributed by atoms with van der Waals surface area (Å²) < 4.78 is 0.987. The molecule has 0 unspecified atom stereocenters. The van der Waals surface area contributed by atoms with Gasteiger partial charge in [0.2, 0.25) is 5.91 Å². The lowest BCUT2D eigenvalue weighted by Crippen LogP contribution is -2.23. The minimum atomic E-state index is -0.226. The topological polar surface area (TPSA) is 49.4 Å². The van der Waals surface area contributed by atoms with Crippen molar-refractivity contribution in [2.24, 2.45) is 0 Å². The zero-order valence-electron chi connectivity index (χ0n) is 13.3. The van der Waals surface area contributed by atoms with Crippen LogP contribution in [0.5, 0.6) is 0 Å². The first-order valence-electron chi connectivity index (χ1n) is 8.02. The summed E-state index contributed by atoms with van der Waals surface area (Å²) in [5, 5.41) is 4.25. The van der Waals surface area contributed by atoms with Gasteiger partial charge in [0.1, 0.15) is 4.88 Å². The van der Waals surface area contributed by atoms with E-state index in [0.717, 1.165) is 28.7 Å². The summed E-state index contributed by atoms with van der Waals surface area (Å²) in [6.07, 6.45) is 1.49. The molecule has 2 aromatic carbocycles. The van der Waals surface area contributed by atoms with Gasteiger partial charge in [-0.25, -0.2) is 0 Å². The van der Waals surface area contributed by atoms with E-state index in [1.54, 1.807) is 17.0 Å². The third-order valence-electron chi connectivity index (χ3n) is 4.25. The predicted molar refractivity (Wildman–Crippen MR) is 103 cm³/mol. The van der Waals surface area contributed by atoms with Crippen molar-refractivity contribution in [1.29, 1.82) is 0 Å². The molecule has 1 saturated heterocycles. The van der Waals surface area contributed by atoms with Crippen LogP contribution in [0.15, 0.2) is 48.5 Å². The quantitative estimate of drug-likeness (QED) is 0.710. The highest BCUT2D eigenvalue weighted by Crippen LogP contribution is 2.35. The number of amides is 2.